The molecule has 1 aliphatic carbocycles. The monoisotopic (exact) mass is 351 g/mol. The summed E-state index contributed by atoms with van der Waals surface area (Å²) in [5.74, 6) is 0.463. The van der Waals surface area contributed by atoms with Gasteiger partial charge in [-0.3, -0.25) is 4.79 Å². The van der Waals surface area contributed by atoms with Gasteiger partial charge in [-0.25, -0.2) is 4.98 Å². The van der Waals surface area contributed by atoms with Crippen molar-refractivity contribution in [3.63, 3.8) is 0 Å². The van der Waals surface area contributed by atoms with Crippen LogP contribution in [0.3, 0.4) is 0 Å². The molecule has 4 rings (SSSR count). The number of hydrogen-bond acceptors (Lipinski definition) is 5. The molecule has 0 spiro atoms. The van der Waals surface area contributed by atoms with E-state index in [9.17, 15) is 4.79 Å². The molecule has 2 aliphatic rings. The van der Waals surface area contributed by atoms with Gasteiger partial charge in [0, 0.05) is 30.8 Å². The number of allylic oxidation sites excluding steroid dienone is 2. The molecule has 128 valence electrons. The summed E-state index contributed by atoms with van der Waals surface area (Å²) >= 11 is 1.42. The van der Waals surface area contributed by atoms with Crippen LogP contribution >= 0.6 is 11.3 Å². The zero-order chi connectivity index (χ0) is 17.6. The van der Waals surface area contributed by atoms with Gasteiger partial charge in [-0.1, -0.05) is 35.6 Å². The van der Waals surface area contributed by atoms with E-state index >= 15 is 0 Å². The lowest BCUT2D eigenvalue weighted by Crippen LogP contribution is -2.32. The van der Waals surface area contributed by atoms with Gasteiger partial charge in [0.2, 0.25) is 0 Å². The number of carbonyl (C=O) groups excluding carboxylic acids is 1. The van der Waals surface area contributed by atoms with Crippen LogP contribution in [0.2, 0.25) is 0 Å². The van der Waals surface area contributed by atoms with Gasteiger partial charge in [0.15, 0.2) is 10.9 Å². The van der Waals surface area contributed by atoms with Crippen molar-refractivity contribution >= 4 is 33.6 Å². The molecule has 5 heteroatoms. The van der Waals surface area contributed by atoms with Crippen molar-refractivity contribution in [1.82, 2.24) is 4.98 Å². The summed E-state index contributed by atoms with van der Waals surface area (Å²) in [6.45, 7) is 6.66. The second kappa shape index (κ2) is 6.15. The molecular formula is C20H21N3OS. The first-order valence-corrected chi connectivity index (χ1v) is 9.41. The van der Waals surface area contributed by atoms with Crippen LogP contribution in [0.1, 0.15) is 40.7 Å². The van der Waals surface area contributed by atoms with Crippen LogP contribution in [0.5, 0.6) is 0 Å². The number of aryl methyl sites for hydroxylation is 1. The molecule has 0 fully saturated rings. The predicted molar refractivity (Wildman–Crippen MR) is 104 cm³/mol. The standard InChI is InChI=1S/C20H21N3OS/c1-4-23-17-8-6-5-7-15(17)16-11-14(9-10-18(16)23)22-20-21-12(2)19(25-20)13(3)24/h5-11,15,17H,4H2,1-3H3,(H,21,22). The minimum atomic E-state index is 0.0672. The number of benzene rings is 1. The van der Waals surface area contributed by atoms with E-state index in [1.807, 2.05) is 6.92 Å². The molecule has 1 aromatic heterocycles. The van der Waals surface area contributed by atoms with Crippen molar-refractivity contribution < 1.29 is 4.79 Å². The van der Waals surface area contributed by atoms with Crippen LogP contribution in [0.15, 0.2) is 42.5 Å². The van der Waals surface area contributed by atoms with Gasteiger partial charge in [0.05, 0.1) is 16.6 Å². The molecule has 2 unspecified atom stereocenters. The number of fused-ring (bicyclic) bond motifs is 3. The van der Waals surface area contributed by atoms with E-state index in [4.69, 9.17) is 0 Å². The van der Waals surface area contributed by atoms with Crippen molar-refractivity contribution in [3.05, 3.63) is 58.6 Å². The van der Waals surface area contributed by atoms with Gasteiger partial charge in [-0.05, 0) is 37.6 Å². The number of thiazole rings is 1. The molecule has 2 atom stereocenters. The maximum atomic E-state index is 11.6. The Labute approximate surface area is 151 Å². The van der Waals surface area contributed by atoms with E-state index < -0.39 is 0 Å². The van der Waals surface area contributed by atoms with Crippen molar-refractivity contribution in [2.24, 2.45) is 0 Å². The van der Waals surface area contributed by atoms with Crippen LogP contribution in [0, 0.1) is 6.92 Å². The first kappa shape index (κ1) is 16.1. The lowest BCUT2D eigenvalue weighted by molar-refractivity contribution is 0.102. The summed E-state index contributed by atoms with van der Waals surface area (Å²) in [6, 6.07) is 6.91. The van der Waals surface area contributed by atoms with Crippen molar-refractivity contribution in [1.29, 1.82) is 0 Å². The van der Waals surface area contributed by atoms with Gasteiger partial charge < -0.3 is 10.2 Å². The highest BCUT2D eigenvalue weighted by Gasteiger charge is 2.35. The molecule has 0 bridgehead atoms. The first-order valence-electron chi connectivity index (χ1n) is 8.59. The van der Waals surface area contributed by atoms with Crippen molar-refractivity contribution in [2.45, 2.75) is 32.7 Å². The fourth-order valence-electron chi connectivity index (χ4n) is 3.78. The smallest absolute Gasteiger partial charge is 0.188 e. The molecule has 0 saturated heterocycles. The highest BCUT2D eigenvalue weighted by atomic mass is 32.1. The summed E-state index contributed by atoms with van der Waals surface area (Å²) in [7, 11) is 0. The number of anilines is 3. The lowest BCUT2D eigenvalue weighted by Gasteiger charge is -2.27. The Bertz CT molecular complexity index is 896. The van der Waals surface area contributed by atoms with Gasteiger partial charge in [-0.2, -0.15) is 0 Å². The second-order valence-electron chi connectivity index (χ2n) is 6.46. The van der Waals surface area contributed by atoms with E-state index in [1.54, 1.807) is 6.92 Å². The number of nitrogens with one attached hydrogen (secondary N) is 1. The highest BCUT2D eigenvalue weighted by Crippen LogP contribution is 2.44. The average molecular weight is 351 g/mol. The Hall–Kier alpha value is -2.40. The third-order valence-electron chi connectivity index (χ3n) is 4.87. The number of likely N-dealkylation sites (N-methyl/N-ethyl adjacent to an activating group) is 1. The topological polar surface area (TPSA) is 45.2 Å². The Kier molecular flexibility index (Phi) is 3.96. The largest absolute Gasteiger partial charge is 0.364 e. The van der Waals surface area contributed by atoms with Crippen molar-refractivity contribution in [2.75, 3.05) is 16.8 Å². The van der Waals surface area contributed by atoms with Crippen LogP contribution in [-0.4, -0.2) is 23.4 Å². The lowest BCUT2D eigenvalue weighted by atomic mass is 9.91. The van der Waals surface area contributed by atoms with Crippen LogP contribution in [0.25, 0.3) is 0 Å². The van der Waals surface area contributed by atoms with Gasteiger partial charge in [-0.15, -0.1) is 0 Å². The maximum absolute atomic E-state index is 11.6. The minimum absolute atomic E-state index is 0.0672. The third-order valence-corrected chi connectivity index (χ3v) is 6.04. The van der Waals surface area contributed by atoms with E-state index in [1.165, 1.54) is 22.6 Å². The number of ketones is 1. The summed E-state index contributed by atoms with van der Waals surface area (Å²) in [5, 5.41) is 4.14. The molecule has 25 heavy (non-hydrogen) atoms. The first-order chi connectivity index (χ1) is 12.1. The fourth-order valence-corrected chi connectivity index (χ4v) is 4.67. The molecule has 4 nitrogen and oxygen atoms in total. The number of rotatable bonds is 4. The normalized spacial score (nSPS) is 20.5. The number of carbonyl (C=O) groups is 1. The van der Waals surface area contributed by atoms with Crippen LogP contribution in [0.4, 0.5) is 16.5 Å². The van der Waals surface area contributed by atoms with Crippen molar-refractivity contribution in [3.8, 4) is 0 Å². The third kappa shape index (κ3) is 2.68. The van der Waals surface area contributed by atoms with E-state index in [-0.39, 0.29) is 5.78 Å². The fraction of sp³-hybridized carbons (Fsp3) is 0.300. The van der Waals surface area contributed by atoms with Crippen LogP contribution < -0.4 is 10.2 Å². The quantitative estimate of drug-likeness (QED) is 0.803. The molecule has 1 N–H and O–H groups in total. The average Bonchev–Trinajstić information content (AvgIpc) is 3.12. The molecule has 2 aromatic rings. The van der Waals surface area contributed by atoms with Gasteiger partial charge in [0.1, 0.15) is 0 Å². The predicted octanol–water partition coefficient (Wildman–Crippen LogP) is 4.82. The Morgan fingerprint density at radius 2 is 2.12 bits per heavy atom. The van der Waals surface area contributed by atoms with E-state index in [0.717, 1.165) is 27.9 Å². The molecular weight excluding hydrogens is 330 g/mol. The maximum Gasteiger partial charge on any atom is 0.188 e. The molecule has 2 heterocycles. The SMILES string of the molecule is CCN1c2ccc(Nc3nc(C)c(C(C)=O)s3)cc2C2C=CC=CC21. The number of hydrogen-bond donors (Lipinski definition) is 1. The van der Waals surface area contributed by atoms with Gasteiger partial charge in [0.25, 0.3) is 0 Å². The Morgan fingerprint density at radius 3 is 2.84 bits per heavy atom. The number of aromatic nitrogens is 1. The summed E-state index contributed by atoms with van der Waals surface area (Å²) in [6.07, 6.45) is 8.83. The molecule has 0 amide bonds. The number of Topliss-reactive ketones (excluding diaryl/α,β-unsaturated/α-hetero) is 1. The highest BCUT2D eigenvalue weighted by molar-refractivity contribution is 7.17. The zero-order valence-electron chi connectivity index (χ0n) is 14.6. The number of nitrogens with zero attached hydrogens (tertiary/aromatic N) is 2. The van der Waals surface area contributed by atoms with E-state index in [0.29, 0.717) is 12.0 Å². The summed E-state index contributed by atoms with van der Waals surface area (Å²) in [5.41, 5.74) is 4.46. The summed E-state index contributed by atoms with van der Waals surface area (Å²) < 4.78 is 0. The molecule has 0 saturated carbocycles. The zero-order valence-corrected chi connectivity index (χ0v) is 15.4. The minimum Gasteiger partial charge on any atom is -0.364 e. The Balaban J connectivity index is 1.66. The molecule has 1 aliphatic heterocycles. The van der Waals surface area contributed by atoms with E-state index in [2.05, 4.69) is 64.6 Å². The summed E-state index contributed by atoms with van der Waals surface area (Å²) in [4.78, 5) is 19.3. The Morgan fingerprint density at radius 1 is 1.32 bits per heavy atom. The van der Waals surface area contributed by atoms with Crippen LogP contribution in [-0.2, 0) is 0 Å². The second-order valence-corrected chi connectivity index (χ2v) is 7.46. The molecule has 1 aromatic carbocycles. The van der Waals surface area contributed by atoms with Gasteiger partial charge >= 0.3 is 0 Å². The molecule has 0 radical (unpaired) electrons.